The highest BCUT2D eigenvalue weighted by atomic mass is 19.3. The van der Waals surface area contributed by atoms with Gasteiger partial charge in [-0.05, 0) is 49.1 Å². The molecule has 1 aliphatic rings. The Balaban J connectivity index is 1.53. The monoisotopic (exact) mass is 496 g/mol. The first-order valence-electron chi connectivity index (χ1n) is 11.9. The molecule has 1 saturated heterocycles. The molecule has 4 rings (SSSR count). The number of amides is 1. The molecule has 2 aromatic carbocycles. The average molecular weight is 497 g/mol. The summed E-state index contributed by atoms with van der Waals surface area (Å²) in [6, 6.07) is 19.2. The van der Waals surface area contributed by atoms with Crippen LogP contribution in [0.2, 0.25) is 0 Å². The van der Waals surface area contributed by atoms with E-state index in [-0.39, 0.29) is 12.5 Å². The molecule has 0 aliphatic carbocycles. The summed E-state index contributed by atoms with van der Waals surface area (Å²) in [6.07, 6.45) is 1.42. The van der Waals surface area contributed by atoms with Crippen LogP contribution in [0.4, 0.5) is 13.6 Å². The van der Waals surface area contributed by atoms with Gasteiger partial charge in [-0.1, -0.05) is 54.6 Å². The number of hydrogen-bond donors (Lipinski definition) is 1. The van der Waals surface area contributed by atoms with E-state index in [0.717, 1.165) is 17.3 Å². The fourth-order valence-corrected chi connectivity index (χ4v) is 4.86. The van der Waals surface area contributed by atoms with Gasteiger partial charge in [-0.2, -0.15) is 8.78 Å². The molecule has 36 heavy (non-hydrogen) atoms. The highest BCUT2D eigenvalue weighted by molar-refractivity contribution is 5.70. The van der Waals surface area contributed by atoms with E-state index in [1.165, 1.54) is 12.1 Å². The number of carbonyl (C=O) groups excluding carboxylic acids is 1. The minimum absolute atomic E-state index is 0.275. The lowest BCUT2D eigenvalue weighted by atomic mass is 9.80. The minimum atomic E-state index is -2.89. The number of benzene rings is 2. The second kappa shape index (κ2) is 9.85. The summed E-state index contributed by atoms with van der Waals surface area (Å²) in [6.45, 7) is 2.88. The van der Waals surface area contributed by atoms with Gasteiger partial charge in [0.05, 0.1) is 11.6 Å². The van der Waals surface area contributed by atoms with Gasteiger partial charge < -0.3 is 14.7 Å². The van der Waals surface area contributed by atoms with Crippen molar-refractivity contribution in [2.75, 3.05) is 6.54 Å². The van der Waals surface area contributed by atoms with Gasteiger partial charge in [-0.25, -0.2) is 4.79 Å². The molecule has 1 amide bonds. The number of ether oxygens (including phenoxy) is 1. The Bertz CT molecular complexity index is 1270. The molecule has 3 aromatic rings. The van der Waals surface area contributed by atoms with Crippen molar-refractivity contribution in [3.8, 4) is 11.1 Å². The van der Waals surface area contributed by atoms with Gasteiger partial charge in [0.25, 0.3) is 5.56 Å². The molecule has 0 saturated carbocycles. The van der Waals surface area contributed by atoms with Crippen LogP contribution >= 0.6 is 0 Å². The molecule has 0 spiro atoms. The second-order valence-corrected chi connectivity index (χ2v) is 9.90. The fraction of sp³-hybridized carbons (Fsp3) is 0.357. The van der Waals surface area contributed by atoms with Crippen molar-refractivity contribution in [2.24, 2.45) is 0 Å². The Morgan fingerprint density at radius 3 is 2.25 bits per heavy atom. The maximum absolute atomic E-state index is 13.2. The van der Waals surface area contributed by atoms with E-state index in [1.807, 2.05) is 49.4 Å². The lowest BCUT2D eigenvalue weighted by Crippen LogP contribution is -2.51. The number of aromatic nitrogens is 1. The first-order valence-corrected chi connectivity index (χ1v) is 11.9. The largest absolute Gasteiger partial charge is 0.438 e. The van der Waals surface area contributed by atoms with E-state index in [1.54, 1.807) is 30.9 Å². The average Bonchev–Trinajstić information content (AvgIpc) is 2.83. The number of halogens is 2. The molecule has 0 bridgehead atoms. The van der Waals surface area contributed by atoms with Crippen LogP contribution in [0.1, 0.15) is 57.3 Å². The van der Waals surface area contributed by atoms with Gasteiger partial charge in [0.15, 0.2) is 0 Å². The summed E-state index contributed by atoms with van der Waals surface area (Å²) in [7, 11) is 0. The lowest BCUT2D eigenvalue weighted by Gasteiger charge is -2.45. The van der Waals surface area contributed by atoms with Crippen LogP contribution in [0, 0.1) is 0 Å². The molecular formula is C28H30F2N2O4. The summed E-state index contributed by atoms with van der Waals surface area (Å²) in [5.41, 5.74) is 0.234. The van der Waals surface area contributed by atoms with Crippen LogP contribution in [0.5, 0.6) is 0 Å². The van der Waals surface area contributed by atoms with Crippen LogP contribution in [0.15, 0.2) is 77.7 Å². The van der Waals surface area contributed by atoms with Gasteiger partial charge in [0, 0.05) is 31.6 Å². The smallest absolute Gasteiger partial charge is 0.411 e. The predicted octanol–water partition coefficient (Wildman–Crippen LogP) is 5.87. The number of aliphatic hydroxyl groups is 1. The zero-order valence-electron chi connectivity index (χ0n) is 20.5. The Hall–Kier alpha value is -3.52. The lowest BCUT2D eigenvalue weighted by molar-refractivity contribution is -0.101. The van der Waals surface area contributed by atoms with Crippen LogP contribution in [-0.2, 0) is 10.3 Å². The number of cyclic esters (lactones) is 1. The highest BCUT2D eigenvalue weighted by Crippen LogP contribution is 2.42. The van der Waals surface area contributed by atoms with E-state index < -0.39 is 29.4 Å². The van der Waals surface area contributed by atoms with Crippen LogP contribution in [-0.4, -0.2) is 32.8 Å². The molecule has 1 aliphatic heterocycles. The Kier molecular flexibility index (Phi) is 7.00. The topological polar surface area (TPSA) is 71.8 Å². The summed E-state index contributed by atoms with van der Waals surface area (Å²) >= 11 is 0. The molecule has 190 valence electrons. The summed E-state index contributed by atoms with van der Waals surface area (Å²) in [5, 5.41) is 10.6. The summed E-state index contributed by atoms with van der Waals surface area (Å²) < 4.78 is 32.1. The third-order valence-electron chi connectivity index (χ3n) is 6.64. The fourth-order valence-electron chi connectivity index (χ4n) is 4.86. The van der Waals surface area contributed by atoms with Gasteiger partial charge in [0.1, 0.15) is 5.60 Å². The molecule has 2 atom stereocenters. The maximum atomic E-state index is 13.2. The van der Waals surface area contributed by atoms with E-state index >= 15 is 0 Å². The van der Waals surface area contributed by atoms with Crippen molar-refractivity contribution < 1.29 is 23.4 Å². The van der Waals surface area contributed by atoms with Crippen LogP contribution in [0.3, 0.4) is 0 Å². The van der Waals surface area contributed by atoms with Gasteiger partial charge in [-0.15, -0.1) is 0 Å². The molecule has 1 unspecified atom stereocenters. The normalized spacial score (nSPS) is 19.3. The maximum Gasteiger partial charge on any atom is 0.411 e. The number of hydrogen-bond acceptors (Lipinski definition) is 4. The van der Waals surface area contributed by atoms with E-state index in [4.69, 9.17) is 4.74 Å². The summed E-state index contributed by atoms with van der Waals surface area (Å²) in [5.74, 6) is 0. The van der Waals surface area contributed by atoms with Crippen molar-refractivity contribution >= 4 is 6.09 Å². The van der Waals surface area contributed by atoms with Gasteiger partial charge >= 0.3 is 12.6 Å². The highest BCUT2D eigenvalue weighted by Gasteiger charge is 2.46. The minimum Gasteiger partial charge on any atom is -0.438 e. The van der Waals surface area contributed by atoms with Gasteiger partial charge in [0.2, 0.25) is 0 Å². The van der Waals surface area contributed by atoms with Crippen molar-refractivity contribution in [3.63, 3.8) is 0 Å². The SMILES string of the molecule is C[C@@H](c1ccc(-c2ccn(C(F)F)c(=O)c2)cc1)N1CCC(CC(C)(C)O)(c2ccccc2)OC1=O. The second-order valence-electron chi connectivity index (χ2n) is 9.90. The van der Waals surface area contributed by atoms with Crippen molar-refractivity contribution in [3.05, 3.63) is 94.4 Å². The Labute approximate surface area is 208 Å². The molecule has 1 fully saturated rings. The standard InChI is InChI=1S/C28H30F2N2O4/c1-19(20-9-11-21(12-10-20)22-13-15-32(25(29)30)24(33)17-22)31-16-14-28(36-26(31)34,18-27(2,3)35)23-7-5-4-6-8-23/h4-13,15,17,19,25,35H,14,16,18H2,1-3H3/t19-,28?/m0/s1. The van der Waals surface area contributed by atoms with E-state index in [0.29, 0.717) is 28.7 Å². The van der Waals surface area contributed by atoms with Crippen molar-refractivity contribution in [2.45, 2.75) is 57.4 Å². The zero-order chi connectivity index (χ0) is 26.1. The molecule has 2 heterocycles. The summed E-state index contributed by atoms with van der Waals surface area (Å²) in [4.78, 5) is 26.8. The molecule has 1 aromatic heterocycles. The zero-order valence-corrected chi connectivity index (χ0v) is 20.5. The molecule has 1 N–H and O–H groups in total. The quantitative estimate of drug-likeness (QED) is 0.444. The van der Waals surface area contributed by atoms with E-state index in [9.17, 15) is 23.5 Å². The predicted molar refractivity (Wildman–Crippen MR) is 133 cm³/mol. The van der Waals surface area contributed by atoms with Crippen LogP contribution in [0.25, 0.3) is 11.1 Å². The number of alkyl halides is 2. The Morgan fingerprint density at radius 1 is 1.03 bits per heavy atom. The molecular weight excluding hydrogens is 466 g/mol. The number of pyridine rings is 1. The van der Waals surface area contributed by atoms with Gasteiger partial charge in [-0.3, -0.25) is 9.36 Å². The number of rotatable bonds is 7. The number of nitrogens with zero attached hydrogens (tertiary/aromatic N) is 2. The molecule has 0 radical (unpaired) electrons. The third-order valence-corrected chi connectivity index (χ3v) is 6.64. The van der Waals surface area contributed by atoms with Crippen LogP contribution < -0.4 is 5.56 Å². The first-order chi connectivity index (χ1) is 17.0. The first kappa shape index (κ1) is 25.6. The van der Waals surface area contributed by atoms with Crippen molar-refractivity contribution in [1.82, 2.24) is 9.47 Å². The van der Waals surface area contributed by atoms with E-state index in [2.05, 4.69) is 0 Å². The number of carbonyl (C=O) groups is 1. The van der Waals surface area contributed by atoms with Crippen molar-refractivity contribution in [1.29, 1.82) is 0 Å². The third kappa shape index (κ3) is 5.33. The molecule has 8 heteroatoms. The molecule has 6 nitrogen and oxygen atoms in total. The Morgan fingerprint density at radius 2 is 1.69 bits per heavy atom.